The van der Waals surface area contributed by atoms with Gasteiger partial charge >= 0.3 is 0 Å². The van der Waals surface area contributed by atoms with E-state index in [0.717, 1.165) is 55.4 Å². The van der Waals surface area contributed by atoms with E-state index in [1.54, 1.807) is 20.4 Å². The third kappa shape index (κ3) is 6.20. The van der Waals surface area contributed by atoms with E-state index < -0.39 is 14.5 Å². The summed E-state index contributed by atoms with van der Waals surface area (Å²) in [6.45, 7) is 3.20. The maximum Gasteiger partial charge on any atom is 0.231 e. The molecule has 0 unspecified atom stereocenters. The molecule has 3 N–H and O–H groups in total. The molecule has 12 heteroatoms. The van der Waals surface area contributed by atoms with E-state index >= 15 is 4.39 Å². The predicted molar refractivity (Wildman–Crippen MR) is 165 cm³/mol. The lowest BCUT2D eigenvalue weighted by molar-refractivity contribution is 0.0980. The molecule has 222 valence electrons. The van der Waals surface area contributed by atoms with Gasteiger partial charge in [-0.25, -0.2) is 8.78 Å². The molecule has 0 atom stereocenters. The van der Waals surface area contributed by atoms with Crippen molar-refractivity contribution < 1.29 is 17.8 Å². The molecular weight excluding hydrogens is 559 g/mol. The number of para-hydroxylation sites is 1. The van der Waals surface area contributed by atoms with Crippen molar-refractivity contribution in [3.05, 3.63) is 60.5 Å². The number of rotatable bonds is 9. The first kappa shape index (κ1) is 28.7. The topological polar surface area (TPSA) is 90.6 Å². The summed E-state index contributed by atoms with van der Waals surface area (Å²) < 4.78 is 40.0. The Balaban J connectivity index is 1.16. The minimum Gasteiger partial charge on any atom is -0.369 e. The van der Waals surface area contributed by atoms with Gasteiger partial charge in [0.15, 0.2) is 0 Å². The first-order valence-corrected chi connectivity index (χ1v) is 15.5. The number of hydrogen-bond acceptors (Lipinski definition) is 8. The molecule has 9 nitrogen and oxygen atoms in total. The molecule has 0 bridgehead atoms. The van der Waals surface area contributed by atoms with Crippen LogP contribution in [0.25, 0.3) is 11.0 Å². The zero-order chi connectivity index (χ0) is 29.1. The van der Waals surface area contributed by atoms with E-state index in [0.29, 0.717) is 47.7 Å². The van der Waals surface area contributed by atoms with Crippen molar-refractivity contribution in [3.8, 4) is 0 Å². The quantitative estimate of drug-likeness (QED) is 0.197. The summed E-state index contributed by atoms with van der Waals surface area (Å²) in [5, 5.41) is 8.29. The zero-order valence-corrected chi connectivity index (χ0v) is 24.7. The molecule has 0 spiro atoms. The fraction of sp³-hybridized carbons (Fsp3) is 0.400. The normalized spacial score (nSPS) is 17.3. The Hall–Kier alpha value is -3.37. The van der Waals surface area contributed by atoms with Gasteiger partial charge in [0.05, 0.1) is 22.1 Å². The van der Waals surface area contributed by atoms with Crippen LogP contribution in [0.3, 0.4) is 0 Å². The van der Waals surface area contributed by atoms with Crippen molar-refractivity contribution in [1.82, 2.24) is 19.9 Å². The van der Waals surface area contributed by atoms with Gasteiger partial charge in [-0.3, -0.25) is 0 Å². The second kappa shape index (κ2) is 12.9. The summed E-state index contributed by atoms with van der Waals surface area (Å²) in [4.78, 5) is 17.0. The first-order chi connectivity index (χ1) is 20.5. The van der Waals surface area contributed by atoms with Crippen LogP contribution in [0.1, 0.15) is 25.7 Å². The van der Waals surface area contributed by atoms with Gasteiger partial charge < -0.3 is 34.5 Å². The van der Waals surface area contributed by atoms with Gasteiger partial charge in [-0.2, -0.15) is 9.97 Å². The van der Waals surface area contributed by atoms with E-state index in [1.165, 1.54) is 6.07 Å². The summed E-state index contributed by atoms with van der Waals surface area (Å²) in [5.74, 6) is 0.627. The predicted octanol–water partition coefficient (Wildman–Crippen LogP) is 6.22. The Bertz CT molecular complexity index is 1500. The number of benzene rings is 2. The summed E-state index contributed by atoms with van der Waals surface area (Å²) >= 11 is 0. The molecule has 2 aliphatic rings. The number of fused-ring (bicyclic) bond motifs is 1. The Morgan fingerprint density at radius 3 is 2.43 bits per heavy atom. The van der Waals surface area contributed by atoms with Crippen molar-refractivity contribution in [2.45, 2.75) is 37.9 Å². The van der Waals surface area contributed by atoms with Crippen LogP contribution in [0.2, 0.25) is 0 Å². The Kier molecular flexibility index (Phi) is 8.81. The molecule has 0 saturated carbocycles. The standard InChI is InChI=1S/C30H36F2N7O2P/c1-40-42(41-2)27-6-4-3-5-25(27)35-29-23-9-14-33-28(23)36-30(37-29)34-21-7-8-26(24(32)19-21)39-17-12-22(13-18-39)38-15-10-20(31)11-16-38/h3-9,14,19-20,22H,10-13,15-18H2,1-2H3,(H3,33,34,35,36,37). The van der Waals surface area contributed by atoms with Gasteiger partial charge in [-0.05, 0) is 62.1 Å². The Morgan fingerprint density at radius 2 is 1.69 bits per heavy atom. The van der Waals surface area contributed by atoms with E-state index in [2.05, 4.69) is 30.4 Å². The van der Waals surface area contributed by atoms with Crippen molar-refractivity contribution in [1.29, 1.82) is 0 Å². The lowest BCUT2D eigenvalue weighted by Crippen LogP contribution is -2.48. The third-order valence-corrected chi connectivity index (χ3v) is 9.53. The van der Waals surface area contributed by atoms with Gasteiger partial charge in [0, 0.05) is 58.3 Å². The highest BCUT2D eigenvalue weighted by Gasteiger charge is 2.29. The number of halogens is 2. The number of alkyl halides is 1. The molecular formula is C30H36F2N7O2P. The summed E-state index contributed by atoms with van der Waals surface area (Å²) in [7, 11) is 1.98. The number of likely N-dealkylation sites (tertiary alicyclic amines) is 1. The SMILES string of the molecule is COP(OC)c1ccccc1Nc1nc(Nc2ccc(N3CCC(N4CCC(F)CC4)CC3)c(F)c2)nc2[nH]ccc12. The number of nitrogens with one attached hydrogen (secondary N) is 3. The van der Waals surface area contributed by atoms with Gasteiger partial charge in [-0.1, -0.05) is 12.1 Å². The lowest BCUT2D eigenvalue weighted by Gasteiger charge is -2.41. The van der Waals surface area contributed by atoms with Gasteiger partial charge in [-0.15, -0.1) is 0 Å². The van der Waals surface area contributed by atoms with Crippen LogP contribution in [0.15, 0.2) is 54.7 Å². The smallest absolute Gasteiger partial charge is 0.231 e. The number of aromatic amines is 1. The highest BCUT2D eigenvalue weighted by molar-refractivity contribution is 7.56. The first-order valence-electron chi connectivity index (χ1n) is 14.3. The molecule has 4 aromatic rings. The fourth-order valence-electron chi connectivity index (χ4n) is 5.90. The largest absolute Gasteiger partial charge is 0.369 e. The van der Waals surface area contributed by atoms with E-state index in [1.807, 2.05) is 42.5 Å². The average Bonchev–Trinajstić information content (AvgIpc) is 3.48. The summed E-state index contributed by atoms with van der Waals surface area (Å²) in [5.41, 5.74) is 2.60. The summed E-state index contributed by atoms with van der Waals surface area (Å²) in [6, 6.07) is 15.3. The molecule has 6 rings (SSSR count). The molecule has 0 aliphatic carbocycles. The fourth-order valence-corrected chi connectivity index (χ4v) is 6.98. The molecule has 2 saturated heterocycles. The molecule has 2 aromatic carbocycles. The van der Waals surface area contributed by atoms with Crippen molar-refractivity contribution in [2.24, 2.45) is 0 Å². The van der Waals surface area contributed by atoms with Crippen LogP contribution in [0.4, 0.5) is 37.6 Å². The molecule has 0 amide bonds. The highest BCUT2D eigenvalue weighted by Crippen LogP contribution is 2.39. The maximum atomic E-state index is 15.4. The number of nitrogens with zero attached hydrogens (tertiary/aromatic N) is 4. The van der Waals surface area contributed by atoms with E-state index in [-0.39, 0.29) is 5.82 Å². The molecule has 4 heterocycles. The molecule has 0 radical (unpaired) electrons. The van der Waals surface area contributed by atoms with Crippen LogP contribution in [0, 0.1) is 5.82 Å². The van der Waals surface area contributed by atoms with E-state index in [4.69, 9.17) is 14.0 Å². The molecule has 2 fully saturated rings. The Labute approximate surface area is 245 Å². The lowest BCUT2D eigenvalue weighted by atomic mass is 9.99. The van der Waals surface area contributed by atoms with Crippen LogP contribution >= 0.6 is 8.38 Å². The number of hydrogen-bond donors (Lipinski definition) is 3. The van der Waals surface area contributed by atoms with Crippen LogP contribution in [-0.2, 0) is 9.05 Å². The maximum absolute atomic E-state index is 15.4. The van der Waals surface area contributed by atoms with E-state index in [9.17, 15) is 4.39 Å². The van der Waals surface area contributed by atoms with Gasteiger partial charge in [0.25, 0.3) is 0 Å². The molecule has 2 aliphatic heterocycles. The monoisotopic (exact) mass is 595 g/mol. The second-order valence-electron chi connectivity index (χ2n) is 10.6. The van der Waals surface area contributed by atoms with Crippen LogP contribution < -0.4 is 20.8 Å². The average molecular weight is 596 g/mol. The van der Waals surface area contributed by atoms with Gasteiger partial charge in [0.2, 0.25) is 14.3 Å². The highest BCUT2D eigenvalue weighted by atomic mass is 31.2. The summed E-state index contributed by atoms with van der Waals surface area (Å²) in [6.07, 6.45) is 4.29. The zero-order valence-electron chi connectivity index (χ0n) is 23.8. The number of aromatic nitrogens is 3. The van der Waals surface area contributed by atoms with Crippen LogP contribution in [-0.4, -0.2) is 72.5 Å². The molecule has 42 heavy (non-hydrogen) atoms. The minimum absolute atomic E-state index is 0.294. The second-order valence-corrected chi connectivity index (χ2v) is 12.3. The van der Waals surface area contributed by atoms with Crippen molar-refractivity contribution in [3.63, 3.8) is 0 Å². The van der Waals surface area contributed by atoms with Crippen molar-refractivity contribution >= 4 is 53.5 Å². The third-order valence-electron chi connectivity index (χ3n) is 8.09. The minimum atomic E-state index is -1.26. The van der Waals surface area contributed by atoms with Crippen LogP contribution in [0.5, 0.6) is 0 Å². The number of H-pyrrole nitrogens is 1. The number of piperidine rings is 2. The number of anilines is 5. The van der Waals surface area contributed by atoms with Gasteiger partial charge in [0.1, 0.15) is 23.5 Å². The molecule has 2 aromatic heterocycles. The van der Waals surface area contributed by atoms with Crippen molar-refractivity contribution in [2.75, 3.05) is 55.9 Å². The Morgan fingerprint density at radius 1 is 0.929 bits per heavy atom.